The highest BCUT2D eigenvalue weighted by molar-refractivity contribution is 5.88. The Morgan fingerprint density at radius 2 is 1.78 bits per heavy atom. The molecule has 23 heavy (non-hydrogen) atoms. The summed E-state index contributed by atoms with van der Waals surface area (Å²) in [6.45, 7) is 4.27. The van der Waals surface area contributed by atoms with Gasteiger partial charge in [0, 0.05) is 24.2 Å². The Bertz CT molecular complexity index is 558. The quantitative estimate of drug-likeness (QED) is 0.717. The molecule has 0 aliphatic heterocycles. The molecule has 0 spiro atoms. The van der Waals surface area contributed by atoms with Crippen molar-refractivity contribution in [1.82, 2.24) is 0 Å². The second kappa shape index (κ2) is 4.89. The van der Waals surface area contributed by atoms with Gasteiger partial charge < -0.3 is 10.2 Å². The zero-order valence-corrected chi connectivity index (χ0v) is 14.1. The van der Waals surface area contributed by atoms with Crippen molar-refractivity contribution in [2.75, 3.05) is 0 Å². The van der Waals surface area contributed by atoms with E-state index in [-0.39, 0.29) is 28.4 Å². The molecule has 0 aromatic heterocycles. The van der Waals surface area contributed by atoms with Gasteiger partial charge in [0.15, 0.2) is 0 Å². The first-order chi connectivity index (χ1) is 10.8. The fraction of sp³-hybridized carbons (Fsp3) is 0.895. The molecule has 4 heteroatoms. The van der Waals surface area contributed by atoms with Crippen molar-refractivity contribution in [2.24, 2.45) is 34.5 Å². The van der Waals surface area contributed by atoms with Crippen LogP contribution in [0.4, 0.5) is 0 Å². The third kappa shape index (κ3) is 1.97. The summed E-state index contributed by atoms with van der Waals surface area (Å²) in [5.74, 6) is 1.54. The van der Waals surface area contributed by atoms with Gasteiger partial charge in [-0.15, -0.1) is 0 Å². The number of hydrogen-bond acceptors (Lipinski definition) is 4. The van der Waals surface area contributed by atoms with Gasteiger partial charge in [-0.1, -0.05) is 13.8 Å². The van der Waals surface area contributed by atoms with Crippen LogP contribution < -0.4 is 0 Å². The molecule has 4 aliphatic rings. The number of fused-ring (bicyclic) bond motifs is 5. The number of carbonyl (C=O) groups is 2. The van der Waals surface area contributed by atoms with Gasteiger partial charge in [-0.3, -0.25) is 9.59 Å². The zero-order valence-electron chi connectivity index (χ0n) is 14.1. The summed E-state index contributed by atoms with van der Waals surface area (Å²) >= 11 is 0. The molecule has 0 bridgehead atoms. The van der Waals surface area contributed by atoms with E-state index < -0.39 is 12.2 Å². The lowest BCUT2D eigenvalue weighted by molar-refractivity contribution is -0.172. The third-order valence-electron chi connectivity index (χ3n) is 8.19. The fourth-order valence-electron chi connectivity index (χ4n) is 6.84. The van der Waals surface area contributed by atoms with Crippen molar-refractivity contribution in [3.8, 4) is 0 Å². The van der Waals surface area contributed by atoms with Gasteiger partial charge in [0.05, 0.1) is 12.2 Å². The van der Waals surface area contributed by atoms with Crippen molar-refractivity contribution in [1.29, 1.82) is 0 Å². The number of aliphatic hydroxyl groups excluding tert-OH is 2. The number of ketones is 2. The van der Waals surface area contributed by atoms with Crippen LogP contribution in [0.25, 0.3) is 0 Å². The predicted octanol–water partition coefficient (Wildman–Crippen LogP) is 2.11. The summed E-state index contributed by atoms with van der Waals surface area (Å²) in [5.41, 5.74) is -0.441. The maximum atomic E-state index is 12.8. The van der Waals surface area contributed by atoms with Crippen LogP contribution >= 0.6 is 0 Å². The maximum Gasteiger partial charge on any atom is 0.139 e. The van der Waals surface area contributed by atoms with Crippen LogP contribution in [0.1, 0.15) is 58.8 Å². The lowest BCUT2D eigenvalue weighted by Gasteiger charge is -2.59. The van der Waals surface area contributed by atoms with E-state index in [4.69, 9.17) is 0 Å². The first-order valence-electron chi connectivity index (χ1n) is 9.19. The number of carbonyl (C=O) groups excluding carboxylic acids is 2. The SMILES string of the molecule is C[C@]12C[C@@H](O)[C@@H](O)C[C@@H]1C(=O)C[C@@H]1[C@@H]2CC[C@]2(C)C(=O)CC[C@@H]12. The molecule has 0 unspecified atom stereocenters. The van der Waals surface area contributed by atoms with E-state index >= 15 is 0 Å². The number of aliphatic hydroxyl groups is 2. The highest BCUT2D eigenvalue weighted by Crippen LogP contribution is 2.64. The second-order valence-electron chi connectivity index (χ2n) is 9.10. The molecule has 0 aromatic rings. The largest absolute Gasteiger partial charge is 0.390 e. The Hall–Kier alpha value is -0.740. The molecule has 0 saturated heterocycles. The van der Waals surface area contributed by atoms with E-state index in [1.165, 1.54) is 0 Å². The first kappa shape index (κ1) is 15.8. The van der Waals surface area contributed by atoms with E-state index in [1.54, 1.807) is 0 Å². The Balaban J connectivity index is 1.70. The molecule has 128 valence electrons. The van der Waals surface area contributed by atoms with Crippen LogP contribution in [-0.4, -0.2) is 34.0 Å². The lowest BCUT2D eigenvalue weighted by atomic mass is 9.44. The molecule has 4 nitrogen and oxygen atoms in total. The highest BCUT2D eigenvalue weighted by atomic mass is 16.3. The van der Waals surface area contributed by atoms with Gasteiger partial charge in [0.1, 0.15) is 11.6 Å². The summed E-state index contributed by atoms with van der Waals surface area (Å²) in [4.78, 5) is 25.2. The van der Waals surface area contributed by atoms with Crippen molar-refractivity contribution in [3.63, 3.8) is 0 Å². The Labute approximate surface area is 137 Å². The van der Waals surface area contributed by atoms with Gasteiger partial charge in [-0.25, -0.2) is 0 Å². The molecule has 0 radical (unpaired) electrons. The lowest BCUT2D eigenvalue weighted by Crippen LogP contribution is -2.59. The Morgan fingerprint density at radius 1 is 1.04 bits per heavy atom. The van der Waals surface area contributed by atoms with Gasteiger partial charge in [0.25, 0.3) is 0 Å². The average molecular weight is 320 g/mol. The molecule has 4 aliphatic carbocycles. The van der Waals surface area contributed by atoms with Crippen molar-refractivity contribution < 1.29 is 19.8 Å². The summed E-state index contributed by atoms with van der Waals surface area (Å²) in [7, 11) is 0. The number of rotatable bonds is 0. The summed E-state index contributed by atoms with van der Waals surface area (Å²) < 4.78 is 0. The predicted molar refractivity (Wildman–Crippen MR) is 84.5 cm³/mol. The zero-order chi connectivity index (χ0) is 16.6. The van der Waals surface area contributed by atoms with Crippen LogP contribution in [0.2, 0.25) is 0 Å². The average Bonchev–Trinajstić information content (AvgIpc) is 2.78. The molecular formula is C19H28O4. The number of hydrogen-bond donors (Lipinski definition) is 2. The van der Waals surface area contributed by atoms with E-state index in [2.05, 4.69) is 13.8 Å². The van der Waals surface area contributed by atoms with E-state index in [0.717, 1.165) is 19.3 Å². The van der Waals surface area contributed by atoms with Crippen LogP contribution in [0.5, 0.6) is 0 Å². The Kier molecular flexibility index (Phi) is 3.35. The monoisotopic (exact) mass is 320 g/mol. The summed E-state index contributed by atoms with van der Waals surface area (Å²) in [5, 5.41) is 20.2. The second-order valence-corrected chi connectivity index (χ2v) is 9.10. The van der Waals surface area contributed by atoms with Gasteiger partial charge >= 0.3 is 0 Å². The minimum Gasteiger partial charge on any atom is -0.390 e. The molecular weight excluding hydrogens is 292 g/mol. The van der Waals surface area contributed by atoms with E-state index in [0.29, 0.717) is 43.3 Å². The van der Waals surface area contributed by atoms with Crippen LogP contribution in [0.3, 0.4) is 0 Å². The molecule has 2 N–H and O–H groups in total. The minimum atomic E-state index is -0.768. The van der Waals surface area contributed by atoms with Crippen LogP contribution in [-0.2, 0) is 9.59 Å². The fourth-order valence-corrected chi connectivity index (χ4v) is 6.84. The van der Waals surface area contributed by atoms with E-state index in [9.17, 15) is 19.8 Å². The Morgan fingerprint density at radius 3 is 2.52 bits per heavy atom. The van der Waals surface area contributed by atoms with Crippen molar-refractivity contribution >= 4 is 11.6 Å². The highest BCUT2D eigenvalue weighted by Gasteiger charge is 2.63. The first-order valence-corrected chi connectivity index (χ1v) is 9.19. The maximum absolute atomic E-state index is 12.8. The summed E-state index contributed by atoms with van der Waals surface area (Å²) in [6.07, 6.45) is 3.50. The molecule has 4 rings (SSSR count). The van der Waals surface area contributed by atoms with Gasteiger partial charge in [-0.05, 0) is 55.3 Å². The molecule has 8 atom stereocenters. The summed E-state index contributed by atoms with van der Waals surface area (Å²) in [6, 6.07) is 0. The van der Waals surface area contributed by atoms with Crippen molar-refractivity contribution in [3.05, 3.63) is 0 Å². The topological polar surface area (TPSA) is 74.6 Å². The molecule has 0 amide bonds. The molecule has 0 aromatic carbocycles. The van der Waals surface area contributed by atoms with Gasteiger partial charge in [0.2, 0.25) is 0 Å². The van der Waals surface area contributed by atoms with E-state index in [1.807, 2.05) is 0 Å². The van der Waals surface area contributed by atoms with Crippen LogP contribution in [0, 0.1) is 34.5 Å². The van der Waals surface area contributed by atoms with Crippen molar-refractivity contribution in [2.45, 2.75) is 71.0 Å². The molecule has 4 saturated carbocycles. The minimum absolute atomic E-state index is 0.122. The molecule has 4 fully saturated rings. The third-order valence-corrected chi connectivity index (χ3v) is 8.19. The normalized spacial score (nSPS) is 56.0. The number of Topliss-reactive ketones (excluding diaryl/α,β-unsaturated/α-hetero) is 2. The van der Waals surface area contributed by atoms with Crippen LogP contribution in [0.15, 0.2) is 0 Å². The van der Waals surface area contributed by atoms with Gasteiger partial charge in [-0.2, -0.15) is 0 Å². The molecule has 0 heterocycles. The smallest absolute Gasteiger partial charge is 0.139 e. The standard InChI is InChI=1S/C19H28O4/c1-18-6-5-12-10(11(18)3-4-17(18)23)7-14(20)13-8-15(21)16(22)9-19(12,13)2/h10-13,15-16,21-22H,3-9H2,1-2H3/t10-,11-,12-,13+,15-,16+,18-,19+/m0/s1.